The second kappa shape index (κ2) is 7.58. The van der Waals surface area contributed by atoms with Crippen molar-refractivity contribution in [1.29, 1.82) is 0 Å². The predicted octanol–water partition coefficient (Wildman–Crippen LogP) is 3.62. The molecule has 1 aliphatic rings. The first-order valence-electron chi connectivity index (χ1n) is 7.95. The quantitative estimate of drug-likeness (QED) is 0.507. The van der Waals surface area contributed by atoms with E-state index < -0.39 is 22.9 Å². The number of halogens is 1. The number of carbonyl (C=O) groups excluding carboxylic acids is 2. The number of hydrogen-bond acceptors (Lipinski definition) is 4. The average molecular weight is 431 g/mol. The van der Waals surface area contributed by atoms with Gasteiger partial charge in [0, 0.05) is 21.9 Å². The molecule has 1 heterocycles. The number of allylic oxidation sites excluding steroid dienone is 1. The van der Waals surface area contributed by atoms with Gasteiger partial charge in [-0.15, -0.1) is 0 Å². The predicted molar refractivity (Wildman–Crippen MR) is 103 cm³/mol. The lowest BCUT2D eigenvalue weighted by Gasteiger charge is -2.28. The summed E-state index contributed by atoms with van der Waals surface area (Å²) < 4.78 is 0.861. The topological polar surface area (TPSA) is 113 Å². The summed E-state index contributed by atoms with van der Waals surface area (Å²) in [5.74, 6) is -0.467. The number of hydrogen-bond donors (Lipinski definition) is 3. The number of anilines is 1. The molecule has 0 bridgehead atoms. The summed E-state index contributed by atoms with van der Waals surface area (Å²) in [6.07, 6.45) is 0. The van der Waals surface area contributed by atoms with Crippen molar-refractivity contribution >= 4 is 39.2 Å². The Balaban J connectivity index is 2.01. The highest BCUT2D eigenvalue weighted by Crippen LogP contribution is 2.33. The first-order chi connectivity index (χ1) is 12.9. The maximum atomic E-state index is 12.9. The second-order valence-corrected chi connectivity index (χ2v) is 6.76. The fourth-order valence-electron chi connectivity index (χ4n) is 2.86. The number of amides is 3. The van der Waals surface area contributed by atoms with Crippen LogP contribution in [0.4, 0.5) is 16.2 Å². The molecule has 0 fully saturated rings. The monoisotopic (exact) mass is 430 g/mol. The van der Waals surface area contributed by atoms with E-state index in [2.05, 4.69) is 31.9 Å². The molecule has 0 aromatic heterocycles. The van der Waals surface area contributed by atoms with Crippen molar-refractivity contribution in [3.8, 4) is 0 Å². The lowest BCUT2D eigenvalue weighted by atomic mass is 9.93. The third-order valence-corrected chi connectivity index (χ3v) is 4.59. The van der Waals surface area contributed by atoms with Crippen LogP contribution < -0.4 is 16.0 Å². The van der Waals surface area contributed by atoms with Crippen LogP contribution in [0.15, 0.2) is 64.3 Å². The number of rotatable bonds is 4. The zero-order chi connectivity index (χ0) is 19.6. The summed E-state index contributed by atoms with van der Waals surface area (Å²) in [4.78, 5) is 35.7. The molecule has 1 unspecified atom stereocenters. The number of nitro benzene ring substituents is 1. The minimum atomic E-state index is -0.948. The Bertz CT molecular complexity index is 956. The van der Waals surface area contributed by atoms with Crippen LogP contribution in [0.5, 0.6) is 0 Å². The molecule has 0 radical (unpaired) electrons. The Labute approximate surface area is 162 Å². The van der Waals surface area contributed by atoms with E-state index in [1.807, 2.05) is 0 Å². The molecule has 27 heavy (non-hydrogen) atoms. The molecular formula is C18H15BrN4O4. The van der Waals surface area contributed by atoms with E-state index >= 15 is 0 Å². The van der Waals surface area contributed by atoms with Gasteiger partial charge in [0.1, 0.15) is 0 Å². The third-order valence-electron chi connectivity index (χ3n) is 4.06. The van der Waals surface area contributed by atoms with Gasteiger partial charge in [0.25, 0.3) is 11.6 Å². The van der Waals surface area contributed by atoms with Crippen LogP contribution in [-0.2, 0) is 4.79 Å². The summed E-state index contributed by atoms with van der Waals surface area (Å²) in [5, 5.41) is 19.3. The number of para-hydroxylation sites is 1. The fraction of sp³-hybridized carbons (Fsp3) is 0.111. The summed E-state index contributed by atoms with van der Waals surface area (Å²) in [5.41, 5.74) is 1.15. The molecule has 3 N–H and O–H groups in total. The minimum absolute atomic E-state index is 0.175. The number of nitrogens with zero attached hydrogens (tertiary/aromatic N) is 1. The van der Waals surface area contributed by atoms with Crippen molar-refractivity contribution in [2.75, 3.05) is 5.32 Å². The first kappa shape index (κ1) is 18.6. The Morgan fingerprint density at radius 3 is 2.52 bits per heavy atom. The van der Waals surface area contributed by atoms with E-state index in [0.29, 0.717) is 11.4 Å². The summed E-state index contributed by atoms with van der Waals surface area (Å²) in [6, 6.07) is 11.5. The number of urea groups is 1. The molecule has 0 saturated heterocycles. The average Bonchev–Trinajstić information content (AvgIpc) is 2.62. The van der Waals surface area contributed by atoms with Crippen LogP contribution in [0.3, 0.4) is 0 Å². The van der Waals surface area contributed by atoms with Gasteiger partial charge in [-0.05, 0) is 37.3 Å². The number of nitro groups is 1. The summed E-state index contributed by atoms with van der Waals surface area (Å²) in [7, 11) is 0. The van der Waals surface area contributed by atoms with Gasteiger partial charge in [-0.2, -0.15) is 0 Å². The maximum absolute atomic E-state index is 12.9. The van der Waals surface area contributed by atoms with Gasteiger partial charge in [0.15, 0.2) is 0 Å². The summed E-state index contributed by atoms with van der Waals surface area (Å²) >= 11 is 3.32. The molecule has 1 aliphatic heterocycles. The zero-order valence-electron chi connectivity index (χ0n) is 14.2. The van der Waals surface area contributed by atoms with Crippen molar-refractivity contribution in [1.82, 2.24) is 10.6 Å². The Morgan fingerprint density at radius 1 is 1.19 bits per heavy atom. The molecule has 0 saturated carbocycles. The van der Waals surface area contributed by atoms with Crippen molar-refractivity contribution in [3.63, 3.8) is 0 Å². The lowest BCUT2D eigenvalue weighted by Crippen LogP contribution is -2.46. The van der Waals surface area contributed by atoms with Crippen LogP contribution >= 0.6 is 15.9 Å². The van der Waals surface area contributed by atoms with Crippen LogP contribution in [0.1, 0.15) is 18.5 Å². The minimum Gasteiger partial charge on any atom is -0.326 e. The molecule has 2 aromatic rings. The smallest absolute Gasteiger partial charge is 0.319 e. The molecule has 9 heteroatoms. The van der Waals surface area contributed by atoms with E-state index in [0.717, 1.165) is 4.47 Å². The molecule has 8 nitrogen and oxygen atoms in total. The Hall–Kier alpha value is -3.20. The highest BCUT2D eigenvalue weighted by atomic mass is 79.9. The third kappa shape index (κ3) is 3.98. The lowest BCUT2D eigenvalue weighted by molar-refractivity contribution is -0.385. The van der Waals surface area contributed by atoms with Crippen LogP contribution in [0.2, 0.25) is 0 Å². The van der Waals surface area contributed by atoms with Gasteiger partial charge in [0.05, 0.1) is 22.1 Å². The summed E-state index contributed by atoms with van der Waals surface area (Å²) in [6.45, 7) is 1.58. The molecule has 0 aliphatic carbocycles. The standard InChI is InChI=1S/C18H15BrN4O4/c1-10-15(17(24)21-12-8-6-11(19)7-9-12)16(22-18(25)20-10)13-4-2-3-5-14(13)23(26)27/h2-9,16H,1H3,(H,21,24)(H2,20,22,25). The zero-order valence-corrected chi connectivity index (χ0v) is 15.7. The molecule has 0 spiro atoms. The molecule has 2 aromatic carbocycles. The molecule has 3 amide bonds. The second-order valence-electron chi connectivity index (χ2n) is 5.85. The van der Waals surface area contributed by atoms with Crippen molar-refractivity contribution in [3.05, 3.63) is 80.0 Å². The van der Waals surface area contributed by atoms with Crippen molar-refractivity contribution < 1.29 is 14.5 Å². The van der Waals surface area contributed by atoms with E-state index in [1.54, 1.807) is 37.3 Å². The normalized spacial score (nSPS) is 16.4. The molecule has 1 atom stereocenters. The molecule has 138 valence electrons. The van der Waals surface area contributed by atoms with Gasteiger partial charge in [0.2, 0.25) is 0 Å². The van der Waals surface area contributed by atoms with Crippen molar-refractivity contribution in [2.24, 2.45) is 0 Å². The number of carbonyl (C=O) groups is 2. The van der Waals surface area contributed by atoms with Crippen molar-refractivity contribution in [2.45, 2.75) is 13.0 Å². The van der Waals surface area contributed by atoms with Gasteiger partial charge >= 0.3 is 6.03 Å². The fourth-order valence-corrected chi connectivity index (χ4v) is 3.12. The number of benzene rings is 2. The van der Waals surface area contributed by atoms with Crippen LogP contribution in [0.25, 0.3) is 0 Å². The van der Waals surface area contributed by atoms with Gasteiger partial charge in [-0.1, -0.05) is 28.1 Å². The Kier molecular flexibility index (Phi) is 5.22. The van der Waals surface area contributed by atoms with E-state index in [-0.39, 0.29) is 16.8 Å². The van der Waals surface area contributed by atoms with E-state index in [4.69, 9.17) is 0 Å². The van der Waals surface area contributed by atoms with E-state index in [9.17, 15) is 19.7 Å². The number of nitrogens with one attached hydrogen (secondary N) is 3. The first-order valence-corrected chi connectivity index (χ1v) is 8.74. The van der Waals surface area contributed by atoms with Crippen LogP contribution in [-0.4, -0.2) is 16.9 Å². The largest absolute Gasteiger partial charge is 0.326 e. The molecular weight excluding hydrogens is 416 g/mol. The maximum Gasteiger partial charge on any atom is 0.319 e. The highest BCUT2D eigenvalue weighted by Gasteiger charge is 2.34. The molecule has 3 rings (SSSR count). The van der Waals surface area contributed by atoms with Gasteiger partial charge in [-0.25, -0.2) is 4.79 Å². The van der Waals surface area contributed by atoms with Crippen LogP contribution in [0, 0.1) is 10.1 Å². The van der Waals surface area contributed by atoms with Gasteiger partial charge < -0.3 is 16.0 Å². The highest BCUT2D eigenvalue weighted by molar-refractivity contribution is 9.10. The SMILES string of the molecule is CC1=C(C(=O)Nc2ccc(Br)cc2)C(c2ccccc2[N+](=O)[O-])NC(=O)N1. The Morgan fingerprint density at radius 2 is 1.85 bits per heavy atom. The van der Waals surface area contributed by atoms with Gasteiger partial charge in [-0.3, -0.25) is 14.9 Å². The van der Waals surface area contributed by atoms with E-state index in [1.165, 1.54) is 18.2 Å².